The van der Waals surface area contributed by atoms with Crippen molar-refractivity contribution in [3.8, 4) is 17.8 Å². The lowest BCUT2D eigenvalue weighted by molar-refractivity contribution is -0.286. The number of fused-ring (bicyclic) bond motifs is 1. The smallest absolute Gasteiger partial charge is 0.395 e. The van der Waals surface area contributed by atoms with Crippen LogP contribution in [0.3, 0.4) is 0 Å². The highest BCUT2D eigenvalue weighted by molar-refractivity contribution is 5.63. The highest BCUT2D eigenvalue weighted by atomic mass is 19.3. The van der Waals surface area contributed by atoms with E-state index in [1.807, 2.05) is 0 Å². The summed E-state index contributed by atoms with van der Waals surface area (Å²) in [6.07, 6.45) is -2.35. The fourth-order valence-corrected chi connectivity index (χ4v) is 1.13. The molecule has 0 fully saturated rings. The summed E-state index contributed by atoms with van der Waals surface area (Å²) in [4.78, 5) is 4.19. The van der Waals surface area contributed by atoms with E-state index >= 15 is 0 Å². The van der Waals surface area contributed by atoms with Crippen molar-refractivity contribution >= 4 is 5.69 Å². The van der Waals surface area contributed by atoms with Gasteiger partial charge in [0, 0.05) is 0 Å². The SMILES string of the molecule is N#CONc1cccc2c1OC(F)(F)O2. The van der Waals surface area contributed by atoms with Crippen LogP contribution in [-0.2, 0) is 4.84 Å². The Labute approximate surface area is 82.7 Å². The van der Waals surface area contributed by atoms with Crippen molar-refractivity contribution in [2.24, 2.45) is 0 Å². The van der Waals surface area contributed by atoms with Gasteiger partial charge in [0.1, 0.15) is 5.69 Å². The molecule has 1 aromatic rings. The monoisotopic (exact) mass is 214 g/mol. The normalized spacial score (nSPS) is 15.5. The minimum Gasteiger partial charge on any atom is -0.395 e. The summed E-state index contributed by atoms with van der Waals surface area (Å²) >= 11 is 0. The lowest BCUT2D eigenvalue weighted by Gasteiger charge is -2.06. The third-order valence-corrected chi connectivity index (χ3v) is 1.64. The maximum Gasteiger partial charge on any atom is 0.586 e. The van der Waals surface area contributed by atoms with Gasteiger partial charge in [0.25, 0.3) is 0 Å². The first kappa shape index (κ1) is 9.33. The minimum atomic E-state index is -3.69. The van der Waals surface area contributed by atoms with Gasteiger partial charge in [-0.1, -0.05) is 6.07 Å². The van der Waals surface area contributed by atoms with Gasteiger partial charge >= 0.3 is 12.5 Å². The number of nitrogens with zero attached hydrogens (tertiary/aromatic N) is 1. The second-order valence-electron chi connectivity index (χ2n) is 2.60. The molecule has 0 aliphatic carbocycles. The van der Waals surface area contributed by atoms with Gasteiger partial charge in [0.2, 0.25) is 0 Å². The lowest BCUT2D eigenvalue weighted by atomic mass is 10.3. The third-order valence-electron chi connectivity index (χ3n) is 1.64. The highest BCUT2D eigenvalue weighted by Gasteiger charge is 2.44. The molecule has 0 spiro atoms. The number of ether oxygens (including phenoxy) is 2. The van der Waals surface area contributed by atoms with Gasteiger partial charge in [0.15, 0.2) is 11.5 Å². The quantitative estimate of drug-likeness (QED) is 0.601. The van der Waals surface area contributed by atoms with E-state index in [1.165, 1.54) is 24.5 Å². The van der Waals surface area contributed by atoms with E-state index in [9.17, 15) is 8.78 Å². The van der Waals surface area contributed by atoms with Crippen LogP contribution < -0.4 is 15.0 Å². The van der Waals surface area contributed by atoms with Crippen molar-refractivity contribution in [1.82, 2.24) is 0 Å². The number of alkyl halides is 2. The van der Waals surface area contributed by atoms with Crippen LogP contribution in [0.1, 0.15) is 0 Å². The van der Waals surface area contributed by atoms with Crippen LogP contribution >= 0.6 is 0 Å². The van der Waals surface area contributed by atoms with Gasteiger partial charge in [-0.3, -0.25) is 0 Å². The summed E-state index contributed by atoms with van der Waals surface area (Å²) in [6.45, 7) is 0. The fraction of sp³-hybridized carbons (Fsp3) is 0.125. The maximum absolute atomic E-state index is 12.7. The van der Waals surface area contributed by atoms with Crippen molar-refractivity contribution in [1.29, 1.82) is 5.26 Å². The first-order valence-corrected chi connectivity index (χ1v) is 3.82. The average Bonchev–Trinajstić information content (AvgIpc) is 2.49. The van der Waals surface area contributed by atoms with Gasteiger partial charge in [-0.25, -0.2) is 5.48 Å². The molecule has 0 bridgehead atoms. The molecule has 1 aliphatic heterocycles. The molecule has 1 aromatic carbocycles. The Morgan fingerprint density at radius 1 is 1.40 bits per heavy atom. The lowest BCUT2D eigenvalue weighted by Crippen LogP contribution is -2.26. The molecule has 78 valence electrons. The molecule has 0 atom stereocenters. The minimum absolute atomic E-state index is 0.0891. The predicted octanol–water partition coefficient (Wildman–Crippen LogP) is 1.83. The predicted molar refractivity (Wildman–Crippen MR) is 43.0 cm³/mol. The zero-order valence-corrected chi connectivity index (χ0v) is 7.16. The van der Waals surface area contributed by atoms with E-state index in [4.69, 9.17) is 5.26 Å². The first-order valence-electron chi connectivity index (χ1n) is 3.82. The molecule has 7 heteroatoms. The van der Waals surface area contributed by atoms with Crippen LogP contribution in [-0.4, -0.2) is 6.29 Å². The fourth-order valence-electron chi connectivity index (χ4n) is 1.13. The number of hydrogen-bond donors (Lipinski definition) is 1. The van der Waals surface area contributed by atoms with Gasteiger partial charge in [-0.15, -0.1) is 14.0 Å². The van der Waals surface area contributed by atoms with Gasteiger partial charge in [0.05, 0.1) is 0 Å². The summed E-state index contributed by atoms with van der Waals surface area (Å²) in [7, 11) is 0. The summed E-state index contributed by atoms with van der Waals surface area (Å²) in [6, 6.07) is 4.17. The molecule has 5 nitrogen and oxygen atoms in total. The highest BCUT2D eigenvalue weighted by Crippen LogP contribution is 2.45. The molecule has 2 rings (SSSR count). The Hall–Kier alpha value is -2.23. The topological polar surface area (TPSA) is 63.5 Å². The molecule has 0 radical (unpaired) electrons. The van der Waals surface area contributed by atoms with Gasteiger partial charge in [-0.2, -0.15) is 0 Å². The Morgan fingerprint density at radius 2 is 2.20 bits per heavy atom. The van der Waals surface area contributed by atoms with Crippen molar-refractivity contribution in [3.63, 3.8) is 0 Å². The van der Waals surface area contributed by atoms with Gasteiger partial charge < -0.3 is 14.3 Å². The number of nitrogens with one attached hydrogen (secondary N) is 1. The number of rotatable bonds is 2. The second-order valence-corrected chi connectivity index (χ2v) is 2.60. The Morgan fingerprint density at radius 3 is 2.93 bits per heavy atom. The van der Waals surface area contributed by atoms with Crippen molar-refractivity contribution < 1.29 is 23.1 Å². The number of benzene rings is 1. The molecule has 0 unspecified atom stereocenters. The van der Waals surface area contributed by atoms with Crippen molar-refractivity contribution in [3.05, 3.63) is 18.2 Å². The number of anilines is 1. The number of hydrogen-bond acceptors (Lipinski definition) is 5. The number of nitriles is 1. The molecular weight excluding hydrogens is 210 g/mol. The van der Waals surface area contributed by atoms with Crippen LogP contribution in [0.25, 0.3) is 0 Å². The molecule has 0 amide bonds. The molecular formula is C8H4F2N2O3. The van der Waals surface area contributed by atoms with E-state index in [2.05, 4.69) is 19.8 Å². The summed E-state index contributed by atoms with van der Waals surface area (Å²) in [5.74, 6) is -0.315. The Balaban J connectivity index is 2.30. The summed E-state index contributed by atoms with van der Waals surface area (Å²) in [5.41, 5.74) is 2.22. The van der Waals surface area contributed by atoms with E-state index in [0.717, 1.165) is 0 Å². The first-order chi connectivity index (χ1) is 7.12. The van der Waals surface area contributed by atoms with Crippen LogP contribution in [0.4, 0.5) is 14.5 Å². The number of halogens is 2. The van der Waals surface area contributed by atoms with Crippen LogP contribution in [0.5, 0.6) is 11.5 Å². The largest absolute Gasteiger partial charge is 0.586 e. The van der Waals surface area contributed by atoms with Crippen molar-refractivity contribution in [2.45, 2.75) is 6.29 Å². The molecule has 1 aliphatic rings. The zero-order chi connectivity index (χ0) is 10.9. The molecule has 0 aromatic heterocycles. The molecule has 0 saturated heterocycles. The van der Waals surface area contributed by atoms with E-state index in [0.29, 0.717) is 0 Å². The van der Waals surface area contributed by atoms with Crippen LogP contribution in [0.2, 0.25) is 0 Å². The third kappa shape index (κ3) is 1.69. The zero-order valence-electron chi connectivity index (χ0n) is 7.16. The Kier molecular flexibility index (Phi) is 1.97. The van der Waals surface area contributed by atoms with Crippen LogP contribution in [0, 0.1) is 11.5 Å². The molecule has 15 heavy (non-hydrogen) atoms. The van der Waals surface area contributed by atoms with E-state index in [1.54, 1.807) is 0 Å². The Bertz CT molecular complexity index is 430. The van der Waals surface area contributed by atoms with Gasteiger partial charge in [-0.05, 0) is 12.1 Å². The van der Waals surface area contributed by atoms with Crippen LogP contribution in [0.15, 0.2) is 18.2 Å². The van der Waals surface area contributed by atoms with E-state index in [-0.39, 0.29) is 17.2 Å². The number of para-hydroxylation sites is 1. The van der Waals surface area contributed by atoms with E-state index < -0.39 is 6.29 Å². The second kappa shape index (κ2) is 3.16. The molecule has 0 saturated carbocycles. The summed E-state index contributed by atoms with van der Waals surface area (Å²) in [5, 5.41) is 8.12. The maximum atomic E-state index is 12.7. The standard InChI is InChI=1S/C8H4F2N2O3/c9-8(10)14-6-3-1-2-5(7(6)15-8)12-13-4-11/h1-3,12H. The average molecular weight is 214 g/mol. The molecule has 1 heterocycles. The van der Waals surface area contributed by atoms with Crippen molar-refractivity contribution in [2.75, 3.05) is 5.48 Å². The molecule has 1 N–H and O–H groups in total. The summed E-state index contributed by atoms with van der Waals surface area (Å²) < 4.78 is 33.7.